The second-order valence-corrected chi connectivity index (χ2v) is 4.30. The number of carbonyl (C=O) groups is 1. The number of methoxy groups -OCH3 is 1. The van der Waals surface area contributed by atoms with Crippen molar-refractivity contribution >= 4 is 5.97 Å². The molecule has 0 bridgehead atoms. The summed E-state index contributed by atoms with van der Waals surface area (Å²) in [6.45, 7) is 6.54. The standard InChI is InChI=1S/C15H22O4/c1-4-7-18-8-9-19-11-14-6-5-13(10-12(14)2)15(16)17-3/h5-6,10H,4,7-9,11H2,1-3H3. The molecule has 4 nitrogen and oxygen atoms in total. The van der Waals surface area contributed by atoms with Crippen LogP contribution in [-0.4, -0.2) is 32.9 Å². The molecule has 0 aliphatic carbocycles. The van der Waals surface area contributed by atoms with E-state index < -0.39 is 0 Å². The maximum atomic E-state index is 11.4. The number of ether oxygens (including phenoxy) is 3. The summed E-state index contributed by atoms with van der Waals surface area (Å²) in [4.78, 5) is 11.4. The lowest BCUT2D eigenvalue weighted by Gasteiger charge is -2.09. The molecule has 0 aliphatic heterocycles. The second kappa shape index (κ2) is 8.67. The first-order valence-electron chi connectivity index (χ1n) is 6.52. The quantitative estimate of drug-likeness (QED) is 0.536. The van der Waals surface area contributed by atoms with Crippen molar-refractivity contribution in [3.05, 3.63) is 34.9 Å². The van der Waals surface area contributed by atoms with E-state index in [1.165, 1.54) is 7.11 Å². The lowest BCUT2D eigenvalue weighted by atomic mass is 10.1. The minimum absolute atomic E-state index is 0.316. The summed E-state index contributed by atoms with van der Waals surface area (Å²) in [6, 6.07) is 5.47. The van der Waals surface area contributed by atoms with E-state index in [0.717, 1.165) is 24.2 Å². The van der Waals surface area contributed by atoms with E-state index in [-0.39, 0.29) is 5.97 Å². The van der Waals surface area contributed by atoms with E-state index in [9.17, 15) is 4.79 Å². The molecule has 1 rings (SSSR count). The number of benzene rings is 1. The smallest absolute Gasteiger partial charge is 0.337 e. The Hall–Kier alpha value is -1.39. The van der Waals surface area contributed by atoms with Crippen molar-refractivity contribution in [3.63, 3.8) is 0 Å². The molecule has 0 saturated heterocycles. The molecule has 4 heteroatoms. The normalized spacial score (nSPS) is 10.5. The first kappa shape index (κ1) is 15.7. The highest BCUT2D eigenvalue weighted by molar-refractivity contribution is 5.89. The predicted octanol–water partition coefficient (Wildman–Crippen LogP) is 2.72. The van der Waals surface area contributed by atoms with Crippen LogP contribution in [0.15, 0.2) is 18.2 Å². The van der Waals surface area contributed by atoms with Gasteiger partial charge in [0, 0.05) is 6.61 Å². The van der Waals surface area contributed by atoms with Gasteiger partial charge in [-0.2, -0.15) is 0 Å². The molecule has 0 spiro atoms. The Kier molecular flexibility index (Phi) is 7.15. The van der Waals surface area contributed by atoms with Crippen LogP contribution in [0.5, 0.6) is 0 Å². The molecule has 0 aromatic heterocycles. The molecule has 0 N–H and O–H groups in total. The maximum absolute atomic E-state index is 11.4. The molecule has 106 valence electrons. The molecule has 1 aromatic rings. The zero-order valence-electron chi connectivity index (χ0n) is 11.9. The summed E-state index contributed by atoms with van der Waals surface area (Å²) in [5.74, 6) is -0.316. The van der Waals surface area contributed by atoms with Crippen LogP contribution < -0.4 is 0 Å². The van der Waals surface area contributed by atoms with Gasteiger partial charge in [-0.3, -0.25) is 0 Å². The van der Waals surface area contributed by atoms with Crippen molar-refractivity contribution in [2.45, 2.75) is 26.9 Å². The third kappa shape index (κ3) is 5.41. The average Bonchev–Trinajstić information content (AvgIpc) is 2.43. The highest BCUT2D eigenvalue weighted by Crippen LogP contribution is 2.13. The van der Waals surface area contributed by atoms with Gasteiger partial charge in [0.15, 0.2) is 0 Å². The van der Waals surface area contributed by atoms with Crippen LogP contribution >= 0.6 is 0 Å². The Labute approximate surface area is 114 Å². The van der Waals surface area contributed by atoms with Crippen LogP contribution in [0.4, 0.5) is 0 Å². The van der Waals surface area contributed by atoms with Crippen LogP contribution in [0, 0.1) is 6.92 Å². The van der Waals surface area contributed by atoms with E-state index in [0.29, 0.717) is 25.4 Å². The van der Waals surface area contributed by atoms with Gasteiger partial charge in [-0.05, 0) is 36.6 Å². The Balaban J connectivity index is 2.40. The van der Waals surface area contributed by atoms with Crippen LogP contribution in [0.25, 0.3) is 0 Å². The Morgan fingerprint density at radius 3 is 2.53 bits per heavy atom. The first-order chi connectivity index (χ1) is 9.19. The minimum Gasteiger partial charge on any atom is -0.465 e. The van der Waals surface area contributed by atoms with Crippen molar-refractivity contribution in [1.82, 2.24) is 0 Å². The average molecular weight is 266 g/mol. The van der Waals surface area contributed by atoms with Gasteiger partial charge in [-0.15, -0.1) is 0 Å². The van der Waals surface area contributed by atoms with Gasteiger partial charge in [-0.1, -0.05) is 13.0 Å². The SMILES string of the molecule is CCCOCCOCc1ccc(C(=O)OC)cc1C. The van der Waals surface area contributed by atoms with Crippen molar-refractivity contribution in [2.24, 2.45) is 0 Å². The molecular weight excluding hydrogens is 244 g/mol. The van der Waals surface area contributed by atoms with Crippen molar-refractivity contribution in [3.8, 4) is 0 Å². The Morgan fingerprint density at radius 2 is 1.89 bits per heavy atom. The zero-order valence-corrected chi connectivity index (χ0v) is 11.9. The summed E-state index contributed by atoms with van der Waals surface area (Å²) >= 11 is 0. The Bertz CT molecular complexity index is 401. The van der Waals surface area contributed by atoms with Gasteiger partial charge in [0.2, 0.25) is 0 Å². The fourth-order valence-electron chi connectivity index (χ4n) is 1.65. The summed E-state index contributed by atoms with van der Waals surface area (Å²) < 4.78 is 15.5. The highest BCUT2D eigenvalue weighted by Gasteiger charge is 2.07. The maximum Gasteiger partial charge on any atom is 0.337 e. The Morgan fingerprint density at radius 1 is 1.16 bits per heavy atom. The molecule has 0 atom stereocenters. The van der Waals surface area contributed by atoms with Crippen LogP contribution in [0.3, 0.4) is 0 Å². The number of carbonyl (C=O) groups excluding carboxylic acids is 1. The third-order valence-electron chi connectivity index (χ3n) is 2.74. The fraction of sp³-hybridized carbons (Fsp3) is 0.533. The highest BCUT2D eigenvalue weighted by atomic mass is 16.5. The summed E-state index contributed by atoms with van der Waals surface area (Å²) in [6.07, 6.45) is 1.02. The largest absolute Gasteiger partial charge is 0.465 e. The van der Waals surface area contributed by atoms with Crippen LogP contribution in [0.2, 0.25) is 0 Å². The third-order valence-corrected chi connectivity index (χ3v) is 2.74. The summed E-state index contributed by atoms with van der Waals surface area (Å²) in [5.41, 5.74) is 2.66. The van der Waals surface area contributed by atoms with Crippen molar-refractivity contribution in [2.75, 3.05) is 26.9 Å². The van der Waals surface area contributed by atoms with Gasteiger partial charge < -0.3 is 14.2 Å². The molecular formula is C15H22O4. The number of hydrogen-bond donors (Lipinski definition) is 0. The fourth-order valence-corrected chi connectivity index (χ4v) is 1.65. The zero-order chi connectivity index (χ0) is 14.1. The monoisotopic (exact) mass is 266 g/mol. The number of aryl methyl sites for hydroxylation is 1. The predicted molar refractivity (Wildman–Crippen MR) is 73.3 cm³/mol. The van der Waals surface area contributed by atoms with Crippen molar-refractivity contribution < 1.29 is 19.0 Å². The van der Waals surface area contributed by atoms with E-state index in [2.05, 4.69) is 11.7 Å². The number of rotatable bonds is 8. The minimum atomic E-state index is -0.316. The van der Waals surface area contributed by atoms with E-state index >= 15 is 0 Å². The van der Waals surface area contributed by atoms with Crippen molar-refractivity contribution in [1.29, 1.82) is 0 Å². The molecule has 0 fully saturated rings. The van der Waals surface area contributed by atoms with E-state index in [1.54, 1.807) is 6.07 Å². The molecule has 0 heterocycles. The molecule has 0 unspecified atom stereocenters. The van der Waals surface area contributed by atoms with Crippen LogP contribution in [0.1, 0.15) is 34.8 Å². The van der Waals surface area contributed by atoms with Gasteiger partial charge >= 0.3 is 5.97 Å². The van der Waals surface area contributed by atoms with Gasteiger partial charge in [0.1, 0.15) is 0 Å². The molecule has 0 saturated carbocycles. The second-order valence-electron chi connectivity index (χ2n) is 4.30. The molecule has 0 amide bonds. The summed E-state index contributed by atoms with van der Waals surface area (Å²) in [5, 5.41) is 0. The lowest BCUT2D eigenvalue weighted by molar-refractivity contribution is 0.0406. The first-order valence-corrected chi connectivity index (χ1v) is 6.52. The van der Waals surface area contributed by atoms with E-state index in [1.807, 2.05) is 19.1 Å². The molecule has 1 aromatic carbocycles. The van der Waals surface area contributed by atoms with E-state index in [4.69, 9.17) is 9.47 Å². The van der Waals surface area contributed by atoms with Crippen LogP contribution in [-0.2, 0) is 20.8 Å². The van der Waals surface area contributed by atoms with Gasteiger partial charge in [-0.25, -0.2) is 4.79 Å². The molecule has 19 heavy (non-hydrogen) atoms. The van der Waals surface area contributed by atoms with Gasteiger partial charge in [0.05, 0.1) is 32.5 Å². The topological polar surface area (TPSA) is 44.8 Å². The lowest BCUT2D eigenvalue weighted by Crippen LogP contribution is -2.06. The molecule has 0 aliphatic rings. The van der Waals surface area contributed by atoms with Gasteiger partial charge in [0.25, 0.3) is 0 Å². The summed E-state index contributed by atoms with van der Waals surface area (Å²) in [7, 11) is 1.38. The number of hydrogen-bond acceptors (Lipinski definition) is 4. The molecule has 0 radical (unpaired) electrons. The number of esters is 1.